The number of aryl methyl sites for hydroxylation is 2. The summed E-state index contributed by atoms with van der Waals surface area (Å²) in [7, 11) is 0. The van der Waals surface area contributed by atoms with Gasteiger partial charge in [-0.25, -0.2) is 4.79 Å². The van der Waals surface area contributed by atoms with Crippen molar-refractivity contribution in [2.24, 2.45) is 0 Å². The third-order valence-electron chi connectivity index (χ3n) is 4.63. The smallest absolute Gasteiger partial charge is 0.338 e. The Bertz CT molecular complexity index is 1010. The molecule has 4 nitrogen and oxygen atoms in total. The molecule has 152 valence electrons. The molecule has 0 aliphatic carbocycles. The van der Waals surface area contributed by atoms with Crippen LogP contribution in [0.1, 0.15) is 37.4 Å². The number of hydrogen-bond acceptors (Lipinski definition) is 3. The summed E-state index contributed by atoms with van der Waals surface area (Å²) in [5, 5.41) is 2.85. The Balaban J connectivity index is 1.70. The van der Waals surface area contributed by atoms with Gasteiger partial charge in [0.25, 0.3) is 5.91 Å². The van der Waals surface area contributed by atoms with Gasteiger partial charge in [-0.3, -0.25) is 4.79 Å². The highest BCUT2D eigenvalue weighted by Crippen LogP contribution is 2.10. The van der Waals surface area contributed by atoms with Gasteiger partial charge in [0.15, 0.2) is 0 Å². The van der Waals surface area contributed by atoms with Crippen molar-refractivity contribution in [2.45, 2.75) is 20.0 Å². The molecular weight excluding hydrogens is 374 g/mol. The summed E-state index contributed by atoms with van der Waals surface area (Å²) >= 11 is 0. The highest BCUT2D eigenvalue weighted by molar-refractivity contribution is 5.94. The van der Waals surface area contributed by atoms with Crippen molar-refractivity contribution in [3.63, 3.8) is 0 Å². The summed E-state index contributed by atoms with van der Waals surface area (Å²) in [5.41, 5.74) is 4.18. The molecule has 0 spiro atoms. The molecule has 0 aromatic heterocycles. The summed E-state index contributed by atoms with van der Waals surface area (Å²) in [5.74, 6) is -0.637. The monoisotopic (exact) mass is 399 g/mol. The molecule has 0 aliphatic rings. The molecule has 0 heterocycles. The van der Waals surface area contributed by atoms with Gasteiger partial charge in [0, 0.05) is 5.56 Å². The molecule has 1 atom stereocenters. The Morgan fingerprint density at radius 1 is 0.833 bits per heavy atom. The molecule has 0 radical (unpaired) electrons. The highest BCUT2D eigenvalue weighted by Gasteiger charge is 2.15. The van der Waals surface area contributed by atoms with E-state index in [0.29, 0.717) is 11.1 Å². The van der Waals surface area contributed by atoms with Gasteiger partial charge >= 0.3 is 5.97 Å². The van der Waals surface area contributed by atoms with Gasteiger partial charge in [-0.2, -0.15) is 0 Å². The number of nitrogens with one attached hydrogen (secondary N) is 1. The summed E-state index contributed by atoms with van der Waals surface area (Å²) < 4.78 is 5.66. The standard InChI is InChI=1S/C26H25NO3/c1-19-8-13-22(14-9-19)25(28)27-18-24(17-12-21-6-4-3-5-7-21)30-26(29)23-15-10-20(2)11-16-23/h3-17,24H,18H2,1-2H3,(H,27,28)/b17-12+. The Kier molecular flexibility index (Phi) is 7.17. The van der Waals surface area contributed by atoms with Crippen LogP contribution in [0.2, 0.25) is 0 Å². The quantitative estimate of drug-likeness (QED) is 0.571. The number of carbonyl (C=O) groups excluding carboxylic acids is 2. The fourth-order valence-electron chi connectivity index (χ4n) is 2.83. The molecule has 0 saturated heterocycles. The number of esters is 1. The van der Waals surface area contributed by atoms with Gasteiger partial charge in [-0.1, -0.05) is 71.8 Å². The molecule has 4 heteroatoms. The highest BCUT2D eigenvalue weighted by atomic mass is 16.5. The number of amides is 1. The normalized spacial score (nSPS) is 11.8. The largest absolute Gasteiger partial charge is 0.453 e. The molecule has 30 heavy (non-hydrogen) atoms. The van der Waals surface area contributed by atoms with E-state index < -0.39 is 12.1 Å². The second-order valence-electron chi connectivity index (χ2n) is 7.16. The maximum atomic E-state index is 12.6. The van der Waals surface area contributed by atoms with Gasteiger partial charge < -0.3 is 10.1 Å². The molecule has 1 amide bonds. The molecule has 0 saturated carbocycles. The van der Waals surface area contributed by atoms with E-state index in [2.05, 4.69) is 5.32 Å². The predicted molar refractivity (Wildman–Crippen MR) is 119 cm³/mol. The first-order valence-electron chi connectivity index (χ1n) is 9.87. The van der Waals surface area contributed by atoms with Crippen LogP contribution in [0.5, 0.6) is 0 Å². The van der Waals surface area contributed by atoms with Crippen molar-refractivity contribution < 1.29 is 14.3 Å². The summed E-state index contributed by atoms with van der Waals surface area (Å²) in [6, 6.07) is 24.3. The van der Waals surface area contributed by atoms with Crippen LogP contribution >= 0.6 is 0 Å². The van der Waals surface area contributed by atoms with Crippen LogP contribution in [0, 0.1) is 13.8 Å². The molecule has 1 N–H and O–H groups in total. The molecule has 0 fully saturated rings. The average Bonchev–Trinajstić information content (AvgIpc) is 2.77. The first-order valence-corrected chi connectivity index (χ1v) is 9.87. The first-order chi connectivity index (χ1) is 14.5. The molecule has 3 aromatic rings. The molecule has 1 unspecified atom stereocenters. The summed E-state index contributed by atoms with van der Waals surface area (Å²) in [6.07, 6.45) is 3.07. The fourth-order valence-corrected chi connectivity index (χ4v) is 2.83. The number of rotatable bonds is 7. The Morgan fingerprint density at radius 2 is 1.40 bits per heavy atom. The van der Waals surface area contributed by atoms with Crippen molar-refractivity contribution in [1.29, 1.82) is 0 Å². The van der Waals surface area contributed by atoms with Gasteiger partial charge in [0.2, 0.25) is 0 Å². The third-order valence-corrected chi connectivity index (χ3v) is 4.63. The minimum absolute atomic E-state index is 0.174. The van der Waals surface area contributed by atoms with Crippen molar-refractivity contribution in [1.82, 2.24) is 5.32 Å². The second kappa shape index (κ2) is 10.2. The van der Waals surface area contributed by atoms with E-state index in [1.165, 1.54) is 0 Å². The van der Waals surface area contributed by atoms with E-state index in [1.807, 2.05) is 74.5 Å². The Labute approximate surface area is 177 Å². The van der Waals surface area contributed by atoms with Gasteiger partial charge in [-0.15, -0.1) is 0 Å². The van der Waals surface area contributed by atoms with Gasteiger partial charge in [0.05, 0.1) is 12.1 Å². The van der Waals surface area contributed by atoms with Crippen LogP contribution in [0.4, 0.5) is 0 Å². The minimum Gasteiger partial charge on any atom is -0.453 e. The van der Waals surface area contributed by atoms with E-state index >= 15 is 0 Å². The van der Waals surface area contributed by atoms with Crippen LogP contribution in [0.25, 0.3) is 6.08 Å². The van der Waals surface area contributed by atoms with E-state index in [1.54, 1.807) is 30.3 Å². The fraction of sp³-hybridized carbons (Fsp3) is 0.154. The lowest BCUT2D eigenvalue weighted by Gasteiger charge is -2.16. The van der Waals surface area contributed by atoms with E-state index in [0.717, 1.165) is 16.7 Å². The van der Waals surface area contributed by atoms with Crippen LogP contribution in [0.3, 0.4) is 0 Å². The average molecular weight is 399 g/mol. The lowest BCUT2D eigenvalue weighted by atomic mass is 10.1. The zero-order chi connectivity index (χ0) is 21.3. The number of hydrogen-bond donors (Lipinski definition) is 1. The van der Waals surface area contributed by atoms with Crippen LogP contribution in [0.15, 0.2) is 84.9 Å². The van der Waals surface area contributed by atoms with Crippen molar-refractivity contribution in [3.05, 3.63) is 113 Å². The van der Waals surface area contributed by atoms with Crippen molar-refractivity contribution in [3.8, 4) is 0 Å². The predicted octanol–water partition coefficient (Wildman–Crippen LogP) is 4.97. The van der Waals surface area contributed by atoms with Crippen LogP contribution < -0.4 is 5.32 Å². The second-order valence-corrected chi connectivity index (χ2v) is 7.16. The van der Waals surface area contributed by atoms with Crippen molar-refractivity contribution in [2.75, 3.05) is 6.54 Å². The Morgan fingerprint density at radius 3 is 2.00 bits per heavy atom. The van der Waals surface area contributed by atoms with E-state index in [9.17, 15) is 9.59 Å². The Hall–Kier alpha value is -3.66. The zero-order valence-corrected chi connectivity index (χ0v) is 17.2. The molecule has 3 rings (SSSR count). The van der Waals surface area contributed by atoms with E-state index in [-0.39, 0.29) is 12.5 Å². The third kappa shape index (κ3) is 6.17. The minimum atomic E-state index is -0.603. The SMILES string of the molecule is Cc1ccc(C(=O)NCC(/C=C/c2ccccc2)OC(=O)c2ccc(C)cc2)cc1. The molecule has 0 bridgehead atoms. The maximum Gasteiger partial charge on any atom is 0.338 e. The van der Waals surface area contributed by atoms with Gasteiger partial charge in [-0.05, 0) is 49.8 Å². The maximum absolute atomic E-state index is 12.6. The molecule has 3 aromatic carbocycles. The van der Waals surface area contributed by atoms with Gasteiger partial charge in [0.1, 0.15) is 6.10 Å². The topological polar surface area (TPSA) is 55.4 Å². The van der Waals surface area contributed by atoms with Crippen LogP contribution in [-0.2, 0) is 4.74 Å². The lowest BCUT2D eigenvalue weighted by Crippen LogP contribution is -2.34. The molecule has 0 aliphatic heterocycles. The number of benzene rings is 3. The lowest BCUT2D eigenvalue weighted by molar-refractivity contribution is 0.0391. The number of ether oxygens (including phenoxy) is 1. The summed E-state index contributed by atoms with van der Waals surface area (Å²) in [4.78, 5) is 25.0. The zero-order valence-electron chi connectivity index (χ0n) is 17.2. The van der Waals surface area contributed by atoms with E-state index in [4.69, 9.17) is 4.74 Å². The number of carbonyl (C=O) groups is 2. The molecular formula is C26H25NO3. The summed E-state index contributed by atoms with van der Waals surface area (Å²) in [6.45, 7) is 4.10. The first kappa shape index (κ1) is 21.1. The van der Waals surface area contributed by atoms with Crippen LogP contribution in [-0.4, -0.2) is 24.5 Å². The van der Waals surface area contributed by atoms with Crippen molar-refractivity contribution >= 4 is 18.0 Å².